The predicted octanol–water partition coefficient (Wildman–Crippen LogP) is 4.45. The number of nitrogens with one attached hydrogen (secondary N) is 1. The Kier molecular flexibility index (Phi) is 7.31. The molecule has 0 amide bonds. The minimum atomic E-state index is -3.01. The van der Waals surface area contributed by atoms with Crippen molar-refractivity contribution in [1.82, 2.24) is 30.1 Å². The molecule has 6 rings (SSSR count). The van der Waals surface area contributed by atoms with Crippen LogP contribution in [0.15, 0.2) is 89.6 Å². The van der Waals surface area contributed by atoms with Crippen LogP contribution in [0.1, 0.15) is 11.3 Å². The molecule has 0 fully saturated rings. The Morgan fingerprint density at radius 3 is 2.74 bits per heavy atom. The molecule has 0 aliphatic rings. The van der Waals surface area contributed by atoms with Crippen molar-refractivity contribution in [3.05, 3.63) is 102 Å². The molecule has 214 valence electrons. The van der Waals surface area contributed by atoms with E-state index in [1.54, 1.807) is 16.9 Å². The second-order valence-electron chi connectivity index (χ2n) is 10.1. The maximum absolute atomic E-state index is 13.6. The number of sulfone groups is 1. The SMILES string of the molecule is CS(=O)(=O)CCNCc1ccc(-c2ccc(-c3cn(-c4ccc5c(cnn5Cc5cccc(F)c5)c4)nn3)c(N)c2)o1. The van der Waals surface area contributed by atoms with Crippen LogP contribution in [0.2, 0.25) is 0 Å². The Morgan fingerprint density at radius 1 is 1.05 bits per heavy atom. The molecule has 3 heterocycles. The van der Waals surface area contributed by atoms with Crippen molar-refractivity contribution < 1.29 is 17.2 Å². The lowest BCUT2D eigenvalue weighted by atomic mass is 10.1. The number of hydrogen-bond donors (Lipinski definition) is 2. The number of anilines is 1. The minimum absolute atomic E-state index is 0.0700. The fraction of sp³-hybridized carbons (Fsp3) is 0.167. The average Bonchev–Trinajstić information content (AvgIpc) is 3.71. The van der Waals surface area contributed by atoms with Gasteiger partial charge in [-0.3, -0.25) is 4.68 Å². The van der Waals surface area contributed by atoms with Crippen molar-refractivity contribution in [3.63, 3.8) is 0 Å². The number of nitrogens with zero attached hydrogens (tertiary/aromatic N) is 5. The van der Waals surface area contributed by atoms with E-state index in [1.807, 2.05) is 65.5 Å². The van der Waals surface area contributed by atoms with E-state index in [9.17, 15) is 12.8 Å². The topological polar surface area (TPSA) is 134 Å². The van der Waals surface area contributed by atoms with Crippen LogP contribution in [0.5, 0.6) is 0 Å². The first-order chi connectivity index (χ1) is 20.2. The standard InChI is InChI=1S/C30H28FN7O3S/c1-42(39,40)12-11-33-17-25-7-10-30(41-25)21-5-8-26(27(32)15-21)28-19-37(36-35-28)24-6-9-29-22(14-24)16-34-38(29)18-20-3-2-4-23(31)13-20/h2-10,13-16,19,33H,11-12,17-18,32H2,1H3. The van der Waals surface area contributed by atoms with Gasteiger partial charge in [0.15, 0.2) is 0 Å². The number of benzene rings is 3. The highest BCUT2D eigenvalue weighted by Gasteiger charge is 2.13. The smallest absolute Gasteiger partial charge is 0.148 e. The van der Waals surface area contributed by atoms with Gasteiger partial charge in [0.1, 0.15) is 32.9 Å². The Balaban J connectivity index is 1.16. The van der Waals surface area contributed by atoms with Crippen LogP contribution in [-0.2, 0) is 22.9 Å². The molecule has 3 aromatic heterocycles. The number of nitrogen functional groups attached to an aromatic ring is 1. The third-order valence-electron chi connectivity index (χ3n) is 6.83. The molecule has 42 heavy (non-hydrogen) atoms. The molecular weight excluding hydrogens is 557 g/mol. The van der Waals surface area contributed by atoms with Crippen LogP contribution < -0.4 is 11.1 Å². The van der Waals surface area contributed by atoms with Gasteiger partial charge in [-0.05, 0) is 60.2 Å². The molecule has 6 aromatic rings. The third kappa shape index (κ3) is 6.09. The van der Waals surface area contributed by atoms with Crippen molar-refractivity contribution in [2.75, 3.05) is 24.3 Å². The second kappa shape index (κ2) is 11.2. The van der Waals surface area contributed by atoms with Gasteiger partial charge < -0.3 is 15.5 Å². The lowest BCUT2D eigenvalue weighted by molar-refractivity contribution is 0.498. The molecule has 12 heteroatoms. The Bertz CT molecular complexity index is 2000. The van der Waals surface area contributed by atoms with Crippen LogP contribution in [0.25, 0.3) is 39.2 Å². The van der Waals surface area contributed by atoms with Crippen molar-refractivity contribution in [1.29, 1.82) is 0 Å². The molecule has 0 radical (unpaired) electrons. The Labute approximate surface area is 241 Å². The van der Waals surface area contributed by atoms with E-state index in [-0.39, 0.29) is 11.6 Å². The predicted molar refractivity (Wildman–Crippen MR) is 159 cm³/mol. The van der Waals surface area contributed by atoms with Gasteiger partial charge in [0.2, 0.25) is 0 Å². The summed E-state index contributed by atoms with van der Waals surface area (Å²) >= 11 is 0. The number of aromatic nitrogens is 5. The summed E-state index contributed by atoms with van der Waals surface area (Å²) in [6, 6.07) is 21.7. The molecule has 3 N–H and O–H groups in total. The fourth-order valence-electron chi connectivity index (χ4n) is 4.71. The van der Waals surface area contributed by atoms with Gasteiger partial charge >= 0.3 is 0 Å². The van der Waals surface area contributed by atoms with Gasteiger partial charge in [0, 0.05) is 35.0 Å². The molecule has 10 nitrogen and oxygen atoms in total. The van der Waals surface area contributed by atoms with Crippen molar-refractivity contribution in [3.8, 4) is 28.3 Å². The van der Waals surface area contributed by atoms with Gasteiger partial charge in [0.05, 0.1) is 42.4 Å². The lowest BCUT2D eigenvalue weighted by Gasteiger charge is -2.06. The van der Waals surface area contributed by atoms with E-state index in [2.05, 4.69) is 20.7 Å². The molecule has 0 bridgehead atoms. The molecule has 0 saturated heterocycles. The first kappa shape index (κ1) is 27.4. The highest BCUT2D eigenvalue weighted by Crippen LogP contribution is 2.31. The van der Waals surface area contributed by atoms with Crippen LogP contribution in [0, 0.1) is 5.82 Å². The van der Waals surface area contributed by atoms with E-state index in [4.69, 9.17) is 10.2 Å². The first-order valence-electron chi connectivity index (χ1n) is 13.2. The highest BCUT2D eigenvalue weighted by molar-refractivity contribution is 7.90. The van der Waals surface area contributed by atoms with Crippen LogP contribution >= 0.6 is 0 Å². The molecule has 0 aliphatic heterocycles. The number of halogens is 1. The summed E-state index contributed by atoms with van der Waals surface area (Å²) in [7, 11) is -3.01. The van der Waals surface area contributed by atoms with E-state index in [1.165, 1.54) is 18.4 Å². The Morgan fingerprint density at radius 2 is 1.93 bits per heavy atom. The molecule has 0 aliphatic carbocycles. The van der Waals surface area contributed by atoms with E-state index in [0.717, 1.165) is 33.3 Å². The van der Waals surface area contributed by atoms with Crippen LogP contribution in [-0.4, -0.2) is 51.7 Å². The van der Waals surface area contributed by atoms with Crippen molar-refractivity contribution >= 4 is 26.4 Å². The zero-order chi connectivity index (χ0) is 29.3. The fourth-order valence-corrected chi connectivity index (χ4v) is 5.23. The lowest BCUT2D eigenvalue weighted by Crippen LogP contribution is -2.21. The summed E-state index contributed by atoms with van der Waals surface area (Å²) in [6.45, 7) is 1.24. The van der Waals surface area contributed by atoms with Gasteiger partial charge in [0.25, 0.3) is 0 Å². The van der Waals surface area contributed by atoms with Gasteiger partial charge in [-0.15, -0.1) is 5.10 Å². The molecule has 3 aromatic carbocycles. The summed E-state index contributed by atoms with van der Waals surface area (Å²) in [5.74, 6) is 1.15. The van der Waals surface area contributed by atoms with Gasteiger partial charge in [-0.1, -0.05) is 23.4 Å². The van der Waals surface area contributed by atoms with Crippen molar-refractivity contribution in [2.24, 2.45) is 0 Å². The van der Waals surface area contributed by atoms with Gasteiger partial charge in [-0.25, -0.2) is 17.5 Å². The zero-order valence-corrected chi connectivity index (χ0v) is 23.6. The quantitative estimate of drug-likeness (QED) is 0.178. The number of rotatable bonds is 10. The summed E-state index contributed by atoms with van der Waals surface area (Å²) in [5, 5.41) is 17.1. The van der Waals surface area contributed by atoms with Gasteiger partial charge in [-0.2, -0.15) is 5.10 Å². The van der Waals surface area contributed by atoms with E-state index in [0.29, 0.717) is 42.5 Å². The number of nitrogens with two attached hydrogens (primary N) is 1. The first-order valence-corrected chi connectivity index (χ1v) is 15.3. The highest BCUT2D eigenvalue weighted by atomic mass is 32.2. The summed E-state index contributed by atoms with van der Waals surface area (Å²) in [6.07, 6.45) is 4.80. The molecule has 0 unspecified atom stereocenters. The van der Waals surface area contributed by atoms with E-state index < -0.39 is 9.84 Å². The average molecular weight is 586 g/mol. The number of furan rings is 1. The maximum Gasteiger partial charge on any atom is 0.148 e. The summed E-state index contributed by atoms with van der Waals surface area (Å²) in [5.41, 5.74) is 11.7. The normalized spacial score (nSPS) is 11.9. The summed E-state index contributed by atoms with van der Waals surface area (Å²) < 4.78 is 45.6. The monoisotopic (exact) mass is 585 g/mol. The number of fused-ring (bicyclic) bond motifs is 1. The second-order valence-corrected chi connectivity index (χ2v) is 12.4. The minimum Gasteiger partial charge on any atom is -0.460 e. The number of hydrogen-bond acceptors (Lipinski definition) is 8. The Hall–Kier alpha value is -4.81. The van der Waals surface area contributed by atoms with E-state index >= 15 is 0 Å². The molecule has 0 spiro atoms. The van der Waals surface area contributed by atoms with Crippen LogP contribution in [0.3, 0.4) is 0 Å². The molecule has 0 atom stereocenters. The van der Waals surface area contributed by atoms with Crippen LogP contribution in [0.4, 0.5) is 10.1 Å². The molecule has 0 saturated carbocycles. The molecular formula is C30H28FN7O3S. The largest absolute Gasteiger partial charge is 0.460 e. The third-order valence-corrected chi connectivity index (χ3v) is 7.77. The van der Waals surface area contributed by atoms with Crippen molar-refractivity contribution in [2.45, 2.75) is 13.1 Å². The summed E-state index contributed by atoms with van der Waals surface area (Å²) in [4.78, 5) is 0. The zero-order valence-electron chi connectivity index (χ0n) is 22.7. The maximum atomic E-state index is 13.6.